The van der Waals surface area contributed by atoms with Crippen molar-refractivity contribution in [3.63, 3.8) is 0 Å². The van der Waals surface area contributed by atoms with Crippen LogP contribution in [0.4, 0.5) is 0 Å². The minimum atomic E-state index is -0.888. The van der Waals surface area contributed by atoms with Crippen LogP contribution >= 0.6 is 0 Å². The number of carboxylic acid groups (broad SMARTS) is 1. The zero-order valence-corrected chi connectivity index (χ0v) is 16.5. The zero-order valence-electron chi connectivity index (χ0n) is 16.5. The van der Waals surface area contributed by atoms with Crippen molar-refractivity contribution in [2.75, 3.05) is 13.1 Å². The topological polar surface area (TPSA) is 95.0 Å². The molecule has 1 atom stereocenters. The van der Waals surface area contributed by atoms with Crippen LogP contribution in [0.5, 0.6) is 0 Å². The summed E-state index contributed by atoms with van der Waals surface area (Å²) in [6.07, 6.45) is 8.46. The molecule has 0 radical (unpaired) electrons. The molecule has 1 aliphatic heterocycles. The highest BCUT2D eigenvalue weighted by Gasteiger charge is 2.23. The number of hydrogen-bond acceptors (Lipinski definition) is 5. The van der Waals surface area contributed by atoms with Gasteiger partial charge in [-0.3, -0.25) is 9.88 Å². The number of nitrogens with zero attached hydrogens (tertiary/aromatic N) is 4. The van der Waals surface area contributed by atoms with Gasteiger partial charge in [-0.25, -0.2) is 14.8 Å². The van der Waals surface area contributed by atoms with Crippen LogP contribution in [0.2, 0.25) is 0 Å². The summed E-state index contributed by atoms with van der Waals surface area (Å²) in [7, 11) is 0. The number of hydrogen-bond donors (Lipinski definition) is 2. The van der Waals surface area contributed by atoms with Gasteiger partial charge in [0.05, 0.1) is 11.3 Å². The Morgan fingerprint density at radius 1 is 1.21 bits per heavy atom. The van der Waals surface area contributed by atoms with Crippen molar-refractivity contribution >= 4 is 5.97 Å². The average Bonchev–Trinajstić information content (AvgIpc) is 3.15. The summed E-state index contributed by atoms with van der Waals surface area (Å²) in [5.41, 5.74) is 4.30. The fourth-order valence-electron chi connectivity index (χ4n) is 3.99. The molecule has 4 rings (SSSR count). The molecule has 7 nitrogen and oxygen atoms in total. The molecule has 1 fully saturated rings. The van der Waals surface area contributed by atoms with Gasteiger partial charge in [-0.05, 0) is 56.3 Å². The lowest BCUT2D eigenvalue weighted by Crippen LogP contribution is -2.36. The molecule has 0 saturated carbocycles. The molecule has 1 saturated heterocycles. The van der Waals surface area contributed by atoms with Gasteiger partial charge in [-0.1, -0.05) is 12.1 Å². The van der Waals surface area contributed by atoms with Gasteiger partial charge in [0.1, 0.15) is 5.69 Å². The molecule has 3 heterocycles. The van der Waals surface area contributed by atoms with Crippen LogP contribution in [0.15, 0.2) is 42.9 Å². The third kappa shape index (κ3) is 4.68. The maximum atomic E-state index is 11.0. The number of imidazole rings is 1. The number of carbonyl (C=O) groups is 1. The van der Waals surface area contributed by atoms with Crippen molar-refractivity contribution in [2.45, 2.75) is 32.7 Å². The van der Waals surface area contributed by atoms with Crippen molar-refractivity contribution in [3.8, 4) is 11.5 Å². The predicted octanol–water partition coefficient (Wildman–Crippen LogP) is 3.33. The molecule has 0 amide bonds. The number of rotatable bonds is 6. The second-order valence-electron chi connectivity index (χ2n) is 7.72. The fourth-order valence-corrected chi connectivity index (χ4v) is 3.99. The second-order valence-corrected chi connectivity index (χ2v) is 7.72. The third-order valence-corrected chi connectivity index (χ3v) is 5.39. The van der Waals surface area contributed by atoms with Gasteiger partial charge in [0.15, 0.2) is 5.82 Å². The van der Waals surface area contributed by atoms with Crippen molar-refractivity contribution in [3.05, 3.63) is 65.4 Å². The minimum absolute atomic E-state index is 0.327. The van der Waals surface area contributed by atoms with Crippen molar-refractivity contribution in [2.24, 2.45) is 5.92 Å². The Morgan fingerprint density at radius 2 is 2.00 bits per heavy atom. The Morgan fingerprint density at radius 3 is 2.72 bits per heavy atom. The van der Waals surface area contributed by atoms with Gasteiger partial charge in [0, 0.05) is 37.4 Å². The summed E-state index contributed by atoms with van der Waals surface area (Å²) < 4.78 is 0. The molecule has 2 aromatic heterocycles. The van der Waals surface area contributed by atoms with Crippen LogP contribution in [0, 0.1) is 12.8 Å². The SMILES string of the molecule is Cc1cnc(-c2nccnc2C[C@H]2CCCN(Cc3ccc(C(=O)O)cc3)C2)[nH]1. The van der Waals surface area contributed by atoms with E-state index in [2.05, 4.69) is 24.8 Å². The number of aryl methyl sites for hydroxylation is 1. The molecule has 0 unspecified atom stereocenters. The Balaban J connectivity index is 1.42. The normalized spacial score (nSPS) is 17.3. The Kier molecular flexibility index (Phi) is 5.67. The lowest BCUT2D eigenvalue weighted by atomic mass is 9.92. The van der Waals surface area contributed by atoms with E-state index in [1.54, 1.807) is 24.5 Å². The molecular weight excluding hydrogens is 366 g/mol. The standard InChI is InChI=1S/C22H25N5O2/c1-15-12-25-21(26-15)20-19(23-8-9-24-20)11-17-3-2-10-27(14-17)13-16-4-6-18(7-5-16)22(28)29/h4-9,12,17H,2-3,10-11,13-14H2,1H3,(H,25,26)(H,28,29)/t17-/m1/s1. The lowest BCUT2D eigenvalue weighted by molar-refractivity contribution is 0.0697. The molecule has 2 N–H and O–H groups in total. The van der Waals surface area contributed by atoms with Crippen molar-refractivity contribution in [1.29, 1.82) is 0 Å². The van der Waals surface area contributed by atoms with Gasteiger partial charge in [-0.2, -0.15) is 0 Å². The fraction of sp³-hybridized carbons (Fsp3) is 0.364. The number of aromatic nitrogens is 4. The largest absolute Gasteiger partial charge is 0.478 e. The minimum Gasteiger partial charge on any atom is -0.478 e. The highest BCUT2D eigenvalue weighted by atomic mass is 16.4. The molecule has 3 aromatic rings. The first-order chi connectivity index (χ1) is 14.1. The molecular formula is C22H25N5O2. The highest BCUT2D eigenvalue weighted by molar-refractivity contribution is 5.87. The number of nitrogens with one attached hydrogen (secondary N) is 1. The van der Waals surface area contributed by atoms with Crippen LogP contribution in [-0.4, -0.2) is 49.0 Å². The maximum Gasteiger partial charge on any atom is 0.335 e. The first kappa shape index (κ1) is 19.3. The summed E-state index contributed by atoms with van der Waals surface area (Å²) >= 11 is 0. The predicted molar refractivity (Wildman–Crippen MR) is 109 cm³/mol. The smallest absolute Gasteiger partial charge is 0.335 e. The summed E-state index contributed by atoms with van der Waals surface area (Å²) in [4.78, 5) is 30.3. The van der Waals surface area contributed by atoms with Crippen molar-refractivity contribution in [1.82, 2.24) is 24.8 Å². The monoisotopic (exact) mass is 391 g/mol. The van der Waals surface area contributed by atoms with Crippen LogP contribution in [0.3, 0.4) is 0 Å². The van der Waals surface area contributed by atoms with Crippen LogP contribution < -0.4 is 0 Å². The lowest BCUT2D eigenvalue weighted by Gasteiger charge is -2.32. The summed E-state index contributed by atoms with van der Waals surface area (Å²) in [6, 6.07) is 7.17. The molecule has 0 aliphatic carbocycles. The summed E-state index contributed by atoms with van der Waals surface area (Å²) in [5, 5.41) is 9.05. The number of piperidine rings is 1. The first-order valence-electron chi connectivity index (χ1n) is 9.95. The van der Waals surface area contributed by atoms with Gasteiger partial charge in [-0.15, -0.1) is 0 Å². The van der Waals surface area contributed by atoms with E-state index in [9.17, 15) is 4.79 Å². The van der Waals surface area contributed by atoms with E-state index < -0.39 is 5.97 Å². The molecule has 0 bridgehead atoms. The van der Waals surface area contributed by atoms with Gasteiger partial charge in [0.25, 0.3) is 0 Å². The molecule has 7 heteroatoms. The van der Waals surface area contributed by atoms with Crippen LogP contribution in [0.25, 0.3) is 11.5 Å². The number of benzene rings is 1. The molecule has 0 spiro atoms. The van der Waals surface area contributed by atoms with E-state index in [1.165, 1.54) is 6.42 Å². The van der Waals surface area contributed by atoms with E-state index in [0.717, 1.165) is 60.9 Å². The van der Waals surface area contributed by atoms with Gasteiger partial charge < -0.3 is 10.1 Å². The number of aromatic carboxylic acids is 1. The van der Waals surface area contributed by atoms with Crippen molar-refractivity contribution < 1.29 is 9.90 Å². The summed E-state index contributed by atoms with van der Waals surface area (Å²) in [6.45, 7) is 4.87. The second kappa shape index (κ2) is 8.53. The molecule has 1 aliphatic rings. The molecule has 29 heavy (non-hydrogen) atoms. The Hall–Kier alpha value is -3.06. The highest BCUT2D eigenvalue weighted by Crippen LogP contribution is 2.25. The Labute approximate surface area is 169 Å². The number of aromatic amines is 1. The molecule has 1 aromatic carbocycles. The van der Waals surface area contributed by atoms with E-state index in [4.69, 9.17) is 5.11 Å². The van der Waals surface area contributed by atoms with E-state index in [0.29, 0.717) is 11.5 Å². The Bertz CT molecular complexity index is 983. The van der Waals surface area contributed by atoms with Crippen LogP contribution in [0.1, 0.15) is 40.2 Å². The van der Waals surface area contributed by atoms with Gasteiger partial charge >= 0.3 is 5.97 Å². The summed E-state index contributed by atoms with van der Waals surface area (Å²) in [5.74, 6) is 0.395. The van der Waals surface area contributed by atoms with Gasteiger partial charge in [0.2, 0.25) is 0 Å². The van der Waals surface area contributed by atoms with E-state index in [-0.39, 0.29) is 0 Å². The average molecular weight is 391 g/mol. The maximum absolute atomic E-state index is 11.0. The van der Waals surface area contributed by atoms with E-state index in [1.807, 2.05) is 25.3 Å². The number of H-pyrrole nitrogens is 1. The molecule has 150 valence electrons. The van der Waals surface area contributed by atoms with Crippen LogP contribution in [-0.2, 0) is 13.0 Å². The van der Waals surface area contributed by atoms with E-state index >= 15 is 0 Å². The first-order valence-corrected chi connectivity index (χ1v) is 9.95. The zero-order chi connectivity index (χ0) is 20.2. The quantitative estimate of drug-likeness (QED) is 0.669. The number of likely N-dealkylation sites (tertiary alicyclic amines) is 1. The third-order valence-electron chi connectivity index (χ3n) is 5.39. The number of carboxylic acids is 1.